The smallest absolute Gasteiger partial charge is 0.0309 e. The van der Waals surface area contributed by atoms with Crippen molar-refractivity contribution in [2.24, 2.45) is 5.92 Å². The van der Waals surface area contributed by atoms with Gasteiger partial charge in [-0.05, 0) is 38.0 Å². The highest BCUT2D eigenvalue weighted by atomic mass is 15.3. The summed E-state index contributed by atoms with van der Waals surface area (Å²) >= 11 is 0. The maximum Gasteiger partial charge on any atom is 0.0309 e. The molecule has 1 atom stereocenters. The van der Waals surface area contributed by atoms with Crippen molar-refractivity contribution in [1.29, 1.82) is 0 Å². The molecular weight excluding hydrogens is 232 g/mol. The highest BCUT2D eigenvalue weighted by Crippen LogP contribution is 2.34. The number of piperazine rings is 1. The largest absolute Gasteiger partial charge is 0.308 e. The van der Waals surface area contributed by atoms with E-state index in [0.29, 0.717) is 5.54 Å². The number of nitrogens with zero attached hydrogens (tertiary/aromatic N) is 1. The lowest BCUT2D eigenvalue weighted by atomic mass is 9.79. The molecule has 1 unspecified atom stereocenters. The van der Waals surface area contributed by atoms with Crippen molar-refractivity contribution in [2.45, 2.75) is 82.7 Å². The Hall–Kier alpha value is -0.0800. The first kappa shape index (κ1) is 13.9. The van der Waals surface area contributed by atoms with Gasteiger partial charge in [-0.25, -0.2) is 0 Å². The second kappa shape index (κ2) is 6.13. The van der Waals surface area contributed by atoms with Crippen molar-refractivity contribution in [3.8, 4) is 0 Å². The van der Waals surface area contributed by atoms with E-state index in [9.17, 15) is 0 Å². The predicted molar refractivity (Wildman–Crippen MR) is 81.4 cm³/mol. The molecule has 3 fully saturated rings. The molecule has 19 heavy (non-hydrogen) atoms. The van der Waals surface area contributed by atoms with Crippen LogP contribution < -0.4 is 5.32 Å². The number of hydrogen-bond acceptors (Lipinski definition) is 2. The lowest BCUT2D eigenvalue weighted by Gasteiger charge is -2.50. The van der Waals surface area contributed by atoms with Crippen LogP contribution in [-0.4, -0.2) is 36.1 Å². The molecule has 1 saturated heterocycles. The highest BCUT2D eigenvalue weighted by molar-refractivity contribution is 4.99. The normalized spacial score (nSPS) is 33.0. The van der Waals surface area contributed by atoms with Crippen LogP contribution in [0.25, 0.3) is 0 Å². The standard InChI is InChI=1S/C17H32N2/c1-2-16-12-18-17(10-6-3-7-11-17)14-19(16)13-15-8-4-5-9-15/h15-16,18H,2-14H2,1H3. The fraction of sp³-hybridized carbons (Fsp3) is 1.00. The van der Waals surface area contributed by atoms with Crippen LogP contribution in [0.2, 0.25) is 0 Å². The summed E-state index contributed by atoms with van der Waals surface area (Å²) < 4.78 is 0. The third kappa shape index (κ3) is 3.16. The fourth-order valence-electron chi connectivity index (χ4n) is 4.74. The third-order valence-corrected chi connectivity index (χ3v) is 5.98. The molecule has 2 saturated carbocycles. The first-order chi connectivity index (χ1) is 9.31. The minimum absolute atomic E-state index is 0.489. The van der Waals surface area contributed by atoms with Crippen LogP contribution in [0.3, 0.4) is 0 Å². The summed E-state index contributed by atoms with van der Waals surface area (Å²) in [7, 11) is 0. The second-order valence-electron chi connectivity index (χ2n) is 7.36. The summed E-state index contributed by atoms with van der Waals surface area (Å²) in [5.41, 5.74) is 0.489. The Morgan fingerprint density at radius 1 is 1.05 bits per heavy atom. The molecule has 3 rings (SSSR count). The van der Waals surface area contributed by atoms with E-state index in [4.69, 9.17) is 0 Å². The van der Waals surface area contributed by atoms with Gasteiger partial charge in [-0.15, -0.1) is 0 Å². The molecule has 2 heteroatoms. The molecule has 0 aromatic rings. The number of rotatable bonds is 3. The lowest BCUT2D eigenvalue weighted by Crippen LogP contribution is -2.65. The van der Waals surface area contributed by atoms with Crippen LogP contribution in [0, 0.1) is 5.92 Å². The van der Waals surface area contributed by atoms with Crippen molar-refractivity contribution in [3.63, 3.8) is 0 Å². The Bertz CT molecular complexity index is 277. The average molecular weight is 264 g/mol. The molecule has 110 valence electrons. The van der Waals surface area contributed by atoms with Gasteiger partial charge in [-0.1, -0.05) is 39.0 Å². The zero-order chi connectivity index (χ0) is 13.1. The van der Waals surface area contributed by atoms with E-state index in [2.05, 4.69) is 17.1 Å². The number of hydrogen-bond donors (Lipinski definition) is 1. The Kier molecular flexibility index (Phi) is 4.48. The van der Waals surface area contributed by atoms with Gasteiger partial charge in [0, 0.05) is 31.2 Å². The molecule has 0 aromatic heterocycles. The summed E-state index contributed by atoms with van der Waals surface area (Å²) in [5, 5.41) is 3.95. The Morgan fingerprint density at radius 3 is 2.47 bits per heavy atom. The molecule has 1 heterocycles. The van der Waals surface area contributed by atoms with Crippen LogP contribution >= 0.6 is 0 Å². The van der Waals surface area contributed by atoms with Gasteiger partial charge >= 0.3 is 0 Å². The second-order valence-corrected chi connectivity index (χ2v) is 7.36. The van der Waals surface area contributed by atoms with E-state index in [1.54, 1.807) is 0 Å². The summed E-state index contributed by atoms with van der Waals surface area (Å²) in [4.78, 5) is 2.87. The third-order valence-electron chi connectivity index (χ3n) is 5.98. The monoisotopic (exact) mass is 264 g/mol. The Morgan fingerprint density at radius 2 is 1.79 bits per heavy atom. The molecule has 1 N–H and O–H groups in total. The first-order valence-corrected chi connectivity index (χ1v) is 8.80. The zero-order valence-corrected chi connectivity index (χ0v) is 12.8. The van der Waals surface area contributed by atoms with Crippen LogP contribution in [0.4, 0.5) is 0 Å². The van der Waals surface area contributed by atoms with Crippen LogP contribution in [-0.2, 0) is 0 Å². The molecule has 0 bridgehead atoms. The molecule has 1 spiro atoms. The van der Waals surface area contributed by atoms with Crippen molar-refractivity contribution < 1.29 is 0 Å². The van der Waals surface area contributed by atoms with Crippen molar-refractivity contribution in [1.82, 2.24) is 10.2 Å². The van der Waals surface area contributed by atoms with E-state index in [1.807, 2.05) is 0 Å². The van der Waals surface area contributed by atoms with Crippen molar-refractivity contribution in [3.05, 3.63) is 0 Å². The summed E-state index contributed by atoms with van der Waals surface area (Å²) in [6.45, 7) is 6.33. The molecule has 1 aliphatic heterocycles. The molecular formula is C17H32N2. The van der Waals surface area contributed by atoms with Crippen molar-refractivity contribution >= 4 is 0 Å². The summed E-state index contributed by atoms with van der Waals surface area (Å²) in [6, 6.07) is 0.799. The quantitative estimate of drug-likeness (QED) is 0.838. The predicted octanol–water partition coefficient (Wildman–Crippen LogP) is 3.56. The first-order valence-electron chi connectivity index (χ1n) is 8.80. The van der Waals surface area contributed by atoms with Gasteiger partial charge in [0.25, 0.3) is 0 Å². The lowest BCUT2D eigenvalue weighted by molar-refractivity contribution is 0.0432. The maximum atomic E-state index is 3.95. The van der Waals surface area contributed by atoms with Gasteiger partial charge in [0.15, 0.2) is 0 Å². The van der Waals surface area contributed by atoms with Gasteiger partial charge in [0.05, 0.1) is 0 Å². The average Bonchev–Trinajstić information content (AvgIpc) is 2.93. The van der Waals surface area contributed by atoms with E-state index in [0.717, 1.165) is 12.0 Å². The van der Waals surface area contributed by atoms with Crippen molar-refractivity contribution in [2.75, 3.05) is 19.6 Å². The fourth-order valence-corrected chi connectivity index (χ4v) is 4.74. The topological polar surface area (TPSA) is 15.3 Å². The molecule has 2 nitrogen and oxygen atoms in total. The van der Waals surface area contributed by atoms with E-state index >= 15 is 0 Å². The molecule has 0 amide bonds. The zero-order valence-electron chi connectivity index (χ0n) is 12.8. The van der Waals surface area contributed by atoms with E-state index < -0.39 is 0 Å². The van der Waals surface area contributed by atoms with E-state index in [-0.39, 0.29) is 0 Å². The highest BCUT2D eigenvalue weighted by Gasteiger charge is 2.39. The molecule has 0 aromatic carbocycles. The summed E-state index contributed by atoms with van der Waals surface area (Å²) in [5.74, 6) is 1.01. The minimum Gasteiger partial charge on any atom is -0.308 e. The Labute approximate surface area is 119 Å². The number of nitrogens with one attached hydrogen (secondary N) is 1. The minimum atomic E-state index is 0.489. The SMILES string of the molecule is CCC1CNC2(CCCCC2)CN1CC1CCCC1. The van der Waals surface area contributed by atoms with Crippen LogP contribution in [0.5, 0.6) is 0 Å². The molecule has 0 radical (unpaired) electrons. The Balaban J connectivity index is 1.63. The molecule has 2 aliphatic carbocycles. The van der Waals surface area contributed by atoms with Crippen LogP contribution in [0.1, 0.15) is 71.1 Å². The van der Waals surface area contributed by atoms with Crippen LogP contribution in [0.15, 0.2) is 0 Å². The summed E-state index contributed by atoms with van der Waals surface area (Å²) in [6.07, 6.45) is 14.5. The molecule has 3 aliphatic rings. The van der Waals surface area contributed by atoms with Gasteiger partial charge in [0.1, 0.15) is 0 Å². The van der Waals surface area contributed by atoms with Gasteiger partial charge < -0.3 is 5.32 Å². The maximum absolute atomic E-state index is 3.95. The van der Waals surface area contributed by atoms with E-state index in [1.165, 1.54) is 83.8 Å². The van der Waals surface area contributed by atoms with Gasteiger partial charge in [-0.2, -0.15) is 0 Å². The van der Waals surface area contributed by atoms with Gasteiger partial charge in [0.2, 0.25) is 0 Å². The van der Waals surface area contributed by atoms with Gasteiger partial charge in [-0.3, -0.25) is 4.90 Å².